The van der Waals surface area contributed by atoms with E-state index >= 15 is 0 Å². The molecule has 12 heavy (non-hydrogen) atoms. The molecule has 0 atom stereocenters. The zero-order valence-electron chi connectivity index (χ0n) is 6.80. The van der Waals surface area contributed by atoms with Gasteiger partial charge in [-0.15, -0.1) is 0 Å². The van der Waals surface area contributed by atoms with Crippen molar-refractivity contribution in [3.8, 4) is 0 Å². The average Bonchev–Trinajstić information content (AvgIpc) is 2.00. The lowest BCUT2D eigenvalue weighted by Crippen LogP contribution is -1.92. The Morgan fingerprint density at radius 2 is 1.83 bits per heavy atom. The van der Waals surface area contributed by atoms with Gasteiger partial charge in [-0.05, 0) is 53.6 Å². The van der Waals surface area contributed by atoms with E-state index in [0.29, 0.717) is 4.90 Å². The summed E-state index contributed by atoms with van der Waals surface area (Å²) in [5.41, 5.74) is 1.97. The van der Waals surface area contributed by atoms with Gasteiger partial charge in [-0.2, -0.15) is 0 Å². The van der Waals surface area contributed by atoms with E-state index < -0.39 is 10.7 Å². The van der Waals surface area contributed by atoms with Gasteiger partial charge in [0.25, 0.3) is 0 Å². The lowest BCUT2D eigenvalue weighted by atomic mass is 10.2. The van der Waals surface area contributed by atoms with Crippen LogP contribution in [-0.4, -0.2) is 8.42 Å². The van der Waals surface area contributed by atoms with E-state index in [1.165, 1.54) is 0 Å². The lowest BCUT2D eigenvalue weighted by molar-refractivity contribution is 0.614. The number of halogens is 1. The van der Waals surface area contributed by atoms with Crippen LogP contribution in [0.3, 0.4) is 0 Å². The smallest absolute Gasteiger partial charge is 0.168 e. The first-order chi connectivity index (χ1) is 5.54. The maximum Gasteiger partial charge on any atom is 0.168 e. The minimum absolute atomic E-state index is 0.431. The van der Waals surface area contributed by atoms with Gasteiger partial charge in [0.15, 0.2) is 10.7 Å². The Hall–Kier alpha value is -0.100. The van der Waals surface area contributed by atoms with Gasteiger partial charge in [-0.3, -0.25) is 0 Å². The van der Waals surface area contributed by atoms with Crippen molar-refractivity contribution in [2.24, 2.45) is 0 Å². The summed E-state index contributed by atoms with van der Waals surface area (Å²) in [5.74, 6) is 0. The SMILES string of the molecule is Cc1ccc([SH](=O)=O)c(C)c1I. The van der Waals surface area contributed by atoms with E-state index in [4.69, 9.17) is 0 Å². The minimum Gasteiger partial charge on any atom is -0.227 e. The summed E-state index contributed by atoms with van der Waals surface area (Å²) in [6.07, 6.45) is 0. The van der Waals surface area contributed by atoms with Crippen molar-refractivity contribution in [3.05, 3.63) is 26.8 Å². The molecule has 66 valence electrons. The molecule has 0 aliphatic heterocycles. The number of thiol groups is 1. The van der Waals surface area contributed by atoms with Gasteiger partial charge >= 0.3 is 0 Å². The van der Waals surface area contributed by atoms with Crippen molar-refractivity contribution in [3.63, 3.8) is 0 Å². The Balaban J connectivity index is 3.46. The molecule has 0 fully saturated rings. The Labute approximate surface area is 87.1 Å². The van der Waals surface area contributed by atoms with Crippen LogP contribution in [0.15, 0.2) is 17.0 Å². The topological polar surface area (TPSA) is 34.1 Å². The summed E-state index contributed by atoms with van der Waals surface area (Å²) in [6.45, 7) is 3.80. The van der Waals surface area contributed by atoms with Crippen LogP contribution in [0.1, 0.15) is 11.1 Å². The summed E-state index contributed by atoms with van der Waals surface area (Å²) >= 11 is 2.16. The summed E-state index contributed by atoms with van der Waals surface area (Å²) in [4.78, 5) is 0.431. The first-order valence-corrected chi connectivity index (χ1v) is 5.69. The standard InChI is InChI=1S/C8H9IO2S/c1-5-3-4-7(12(10)11)6(2)8(5)9/h3-4,12H,1-2H3. The van der Waals surface area contributed by atoms with Crippen molar-refractivity contribution in [1.29, 1.82) is 0 Å². The van der Waals surface area contributed by atoms with Crippen molar-refractivity contribution in [1.82, 2.24) is 0 Å². The van der Waals surface area contributed by atoms with Crippen LogP contribution in [0.5, 0.6) is 0 Å². The third-order valence-electron chi connectivity index (χ3n) is 1.75. The van der Waals surface area contributed by atoms with Gasteiger partial charge in [0.1, 0.15) is 0 Å². The molecular formula is C8H9IO2S. The molecule has 0 radical (unpaired) electrons. The Morgan fingerprint density at radius 1 is 1.25 bits per heavy atom. The number of rotatable bonds is 1. The van der Waals surface area contributed by atoms with Crippen LogP contribution in [0.4, 0.5) is 0 Å². The molecule has 1 rings (SSSR count). The summed E-state index contributed by atoms with van der Waals surface area (Å²) < 4.78 is 22.5. The van der Waals surface area contributed by atoms with E-state index in [1.54, 1.807) is 6.07 Å². The minimum atomic E-state index is -2.45. The molecule has 2 nitrogen and oxygen atoms in total. The van der Waals surface area contributed by atoms with Gasteiger partial charge < -0.3 is 0 Å². The summed E-state index contributed by atoms with van der Waals surface area (Å²) in [6, 6.07) is 3.48. The van der Waals surface area contributed by atoms with Gasteiger partial charge in [0, 0.05) is 3.57 Å². The van der Waals surface area contributed by atoms with Gasteiger partial charge in [-0.1, -0.05) is 6.07 Å². The molecule has 1 aromatic rings. The first-order valence-electron chi connectivity index (χ1n) is 3.44. The maximum absolute atomic E-state index is 10.7. The van der Waals surface area contributed by atoms with Crippen molar-refractivity contribution >= 4 is 33.3 Å². The summed E-state index contributed by atoms with van der Waals surface area (Å²) in [5, 5.41) is 0. The third-order valence-corrected chi connectivity index (χ3v) is 4.29. The molecule has 0 amide bonds. The van der Waals surface area contributed by atoms with E-state index in [2.05, 4.69) is 22.6 Å². The molecular weight excluding hydrogens is 287 g/mol. The number of hydrogen-bond donors (Lipinski definition) is 1. The van der Waals surface area contributed by atoms with Crippen molar-refractivity contribution < 1.29 is 8.42 Å². The van der Waals surface area contributed by atoms with E-state index in [9.17, 15) is 8.42 Å². The van der Waals surface area contributed by atoms with Crippen LogP contribution in [0.2, 0.25) is 0 Å². The fraction of sp³-hybridized carbons (Fsp3) is 0.250. The molecule has 0 unspecified atom stereocenters. The highest BCUT2D eigenvalue weighted by Crippen LogP contribution is 2.20. The van der Waals surface area contributed by atoms with Crippen LogP contribution in [0, 0.1) is 17.4 Å². The fourth-order valence-corrected chi connectivity index (χ4v) is 2.27. The van der Waals surface area contributed by atoms with Crippen LogP contribution in [0.25, 0.3) is 0 Å². The summed E-state index contributed by atoms with van der Waals surface area (Å²) in [7, 11) is -2.45. The zero-order valence-corrected chi connectivity index (χ0v) is 9.85. The highest BCUT2D eigenvalue weighted by atomic mass is 127. The van der Waals surface area contributed by atoms with Crippen LogP contribution in [-0.2, 0) is 10.7 Å². The second-order valence-electron chi connectivity index (χ2n) is 2.60. The Kier molecular flexibility index (Phi) is 3.11. The second kappa shape index (κ2) is 3.74. The third kappa shape index (κ3) is 1.80. The highest BCUT2D eigenvalue weighted by molar-refractivity contribution is 14.1. The molecule has 0 saturated carbocycles. The van der Waals surface area contributed by atoms with E-state index in [-0.39, 0.29) is 0 Å². The van der Waals surface area contributed by atoms with Crippen molar-refractivity contribution in [2.45, 2.75) is 18.7 Å². The van der Waals surface area contributed by atoms with Crippen LogP contribution < -0.4 is 0 Å². The van der Waals surface area contributed by atoms with Crippen molar-refractivity contribution in [2.75, 3.05) is 0 Å². The molecule has 0 aliphatic rings. The average molecular weight is 296 g/mol. The predicted octanol–water partition coefficient (Wildman–Crippen LogP) is 1.88. The van der Waals surface area contributed by atoms with Crippen LogP contribution >= 0.6 is 22.6 Å². The molecule has 0 N–H and O–H groups in total. The normalized spacial score (nSPS) is 10.7. The Bertz CT molecular complexity index is 375. The van der Waals surface area contributed by atoms with E-state index in [1.807, 2.05) is 19.9 Å². The quantitative estimate of drug-likeness (QED) is 0.634. The fourth-order valence-electron chi connectivity index (χ4n) is 1.01. The molecule has 0 aliphatic carbocycles. The second-order valence-corrected chi connectivity index (χ2v) is 4.67. The van der Waals surface area contributed by atoms with Gasteiger partial charge in [0.05, 0.1) is 4.90 Å². The Morgan fingerprint density at radius 3 is 2.33 bits per heavy atom. The van der Waals surface area contributed by atoms with Gasteiger partial charge in [0.2, 0.25) is 0 Å². The first kappa shape index (κ1) is 9.98. The number of benzene rings is 1. The lowest BCUT2D eigenvalue weighted by Gasteiger charge is -2.03. The molecule has 0 heterocycles. The molecule has 1 aromatic carbocycles. The monoisotopic (exact) mass is 296 g/mol. The zero-order chi connectivity index (χ0) is 9.30. The maximum atomic E-state index is 10.7. The molecule has 4 heteroatoms. The molecule has 0 spiro atoms. The predicted molar refractivity (Wildman–Crippen MR) is 57.2 cm³/mol. The number of hydrogen-bond acceptors (Lipinski definition) is 2. The van der Waals surface area contributed by atoms with Gasteiger partial charge in [-0.25, -0.2) is 8.42 Å². The molecule has 0 aromatic heterocycles. The number of aryl methyl sites for hydroxylation is 1. The molecule has 0 bridgehead atoms. The molecule has 0 saturated heterocycles. The highest BCUT2D eigenvalue weighted by Gasteiger charge is 2.05. The largest absolute Gasteiger partial charge is 0.227 e. The van der Waals surface area contributed by atoms with E-state index in [0.717, 1.165) is 14.7 Å².